The number of alkyl halides is 3. The third kappa shape index (κ3) is 4.76. The van der Waals surface area contributed by atoms with Crippen molar-refractivity contribution in [1.82, 2.24) is 10.3 Å². The van der Waals surface area contributed by atoms with Gasteiger partial charge in [0.2, 0.25) is 0 Å². The number of aliphatic hydroxyl groups is 1. The predicted molar refractivity (Wildman–Crippen MR) is 120 cm³/mol. The van der Waals surface area contributed by atoms with Crippen molar-refractivity contribution in [3.8, 4) is 22.6 Å². The van der Waals surface area contributed by atoms with E-state index in [0.29, 0.717) is 45.9 Å². The van der Waals surface area contributed by atoms with Crippen molar-refractivity contribution in [1.29, 1.82) is 0 Å². The SMILES string of the molecule is COc1cc(CN(C)c2cc(-c3cccc(C(O)C(F)(F)F)c3)cc3nonc23)cc(OC)c1. The molecule has 0 bridgehead atoms. The van der Waals surface area contributed by atoms with Crippen LogP contribution in [0.2, 0.25) is 0 Å². The van der Waals surface area contributed by atoms with Gasteiger partial charge < -0.3 is 19.5 Å². The minimum Gasteiger partial charge on any atom is -0.497 e. The number of halogens is 3. The number of rotatable bonds is 7. The number of aliphatic hydroxyl groups excluding tert-OH is 1. The van der Waals surface area contributed by atoms with Crippen LogP contribution in [-0.2, 0) is 6.54 Å². The highest BCUT2D eigenvalue weighted by Crippen LogP contribution is 2.36. The molecule has 34 heavy (non-hydrogen) atoms. The quantitative estimate of drug-likeness (QED) is 0.398. The first-order valence-corrected chi connectivity index (χ1v) is 10.2. The molecule has 0 fully saturated rings. The first-order valence-electron chi connectivity index (χ1n) is 10.2. The molecule has 0 aliphatic heterocycles. The zero-order chi connectivity index (χ0) is 24.5. The Kier molecular flexibility index (Phi) is 6.34. The van der Waals surface area contributed by atoms with Crippen LogP contribution in [0.4, 0.5) is 18.9 Å². The van der Waals surface area contributed by atoms with Crippen molar-refractivity contribution in [3.05, 3.63) is 65.7 Å². The maximum absolute atomic E-state index is 13.0. The average Bonchev–Trinajstić information content (AvgIpc) is 3.30. The van der Waals surface area contributed by atoms with E-state index in [1.807, 2.05) is 24.1 Å². The average molecular weight is 473 g/mol. The van der Waals surface area contributed by atoms with Crippen LogP contribution in [0.1, 0.15) is 17.2 Å². The maximum atomic E-state index is 13.0. The van der Waals surface area contributed by atoms with E-state index in [1.54, 1.807) is 38.5 Å². The van der Waals surface area contributed by atoms with Gasteiger partial charge in [-0.2, -0.15) is 13.2 Å². The summed E-state index contributed by atoms with van der Waals surface area (Å²) in [6, 6.07) is 14.7. The fourth-order valence-electron chi connectivity index (χ4n) is 3.72. The minimum atomic E-state index is -4.76. The van der Waals surface area contributed by atoms with Crippen LogP contribution >= 0.6 is 0 Å². The highest BCUT2D eigenvalue weighted by Gasteiger charge is 2.39. The van der Waals surface area contributed by atoms with Gasteiger partial charge in [-0.1, -0.05) is 18.2 Å². The smallest absolute Gasteiger partial charge is 0.418 e. The van der Waals surface area contributed by atoms with Crippen molar-refractivity contribution >= 4 is 16.7 Å². The van der Waals surface area contributed by atoms with Gasteiger partial charge in [0.1, 0.15) is 17.0 Å². The Morgan fingerprint density at radius 1 is 0.971 bits per heavy atom. The van der Waals surface area contributed by atoms with Gasteiger partial charge in [0, 0.05) is 19.7 Å². The fraction of sp³-hybridized carbons (Fsp3) is 0.250. The standard InChI is InChI=1S/C24H22F3N3O4/c1-30(13-14-7-18(32-2)12-19(8-14)33-3)21-11-17(10-20-22(21)29-34-28-20)15-5-4-6-16(9-15)23(31)24(25,26)27/h4-12,23,31H,13H2,1-3H3. The first kappa shape index (κ1) is 23.4. The van der Waals surface area contributed by atoms with Crippen molar-refractivity contribution in [2.75, 3.05) is 26.2 Å². The molecule has 0 aliphatic carbocycles. The van der Waals surface area contributed by atoms with E-state index in [2.05, 4.69) is 10.3 Å². The molecule has 3 aromatic carbocycles. The molecule has 0 spiro atoms. The molecule has 1 unspecified atom stereocenters. The highest BCUT2D eigenvalue weighted by atomic mass is 19.4. The topological polar surface area (TPSA) is 80.9 Å². The molecule has 0 radical (unpaired) electrons. The summed E-state index contributed by atoms with van der Waals surface area (Å²) in [6.45, 7) is 0.450. The van der Waals surface area contributed by atoms with E-state index < -0.39 is 12.3 Å². The summed E-state index contributed by atoms with van der Waals surface area (Å²) in [5.74, 6) is 1.29. The van der Waals surface area contributed by atoms with Gasteiger partial charge in [-0.3, -0.25) is 0 Å². The summed E-state index contributed by atoms with van der Waals surface area (Å²) in [5, 5.41) is 17.6. The number of anilines is 1. The highest BCUT2D eigenvalue weighted by molar-refractivity contribution is 5.92. The molecule has 1 atom stereocenters. The number of hydrogen-bond acceptors (Lipinski definition) is 7. The van der Waals surface area contributed by atoms with Crippen molar-refractivity contribution in [2.24, 2.45) is 0 Å². The molecule has 4 aromatic rings. The molecular formula is C24H22F3N3O4. The Hall–Kier alpha value is -3.79. The van der Waals surface area contributed by atoms with Crippen LogP contribution in [0, 0.1) is 0 Å². The van der Waals surface area contributed by atoms with Gasteiger partial charge >= 0.3 is 6.18 Å². The summed E-state index contributed by atoms with van der Waals surface area (Å²) >= 11 is 0. The Morgan fingerprint density at radius 3 is 2.32 bits per heavy atom. The van der Waals surface area contributed by atoms with Crippen LogP contribution in [0.15, 0.2) is 59.2 Å². The van der Waals surface area contributed by atoms with E-state index in [1.165, 1.54) is 18.2 Å². The molecule has 1 aromatic heterocycles. The molecule has 10 heteroatoms. The van der Waals surface area contributed by atoms with Crippen LogP contribution in [-0.4, -0.2) is 42.9 Å². The van der Waals surface area contributed by atoms with Gasteiger partial charge in [-0.15, -0.1) is 0 Å². The molecule has 178 valence electrons. The minimum absolute atomic E-state index is 0.248. The molecule has 0 saturated carbocycles. The normalized spacial score (nSPS) is 12.6. The summed E-state index contributed by atoms with van der Waals surface area (Å²) in [5.41, 5.74) is 3.37. The van der Waals surface area contributed by atoms with Crippen molar-refractivity contribution in [3.63, 3.8) is 0 Å². The van der Waals surface area contributed by atoms with Crippen molar-refractivity contribution in [2.45, 2.75) is 18.8 Å². The monoisotopic (exact) mass is 473 g/mol. The Bertz CT molecular complexity index is 1280. The van der Waals surface area contributed by atoms with Crippen LogP contribution in [0.3, 0.4) is 0 Å². The van der Waals surface area contributed by atoms with Gasteiger partial charge in [0.05, 0.1) is 19.9 Å². The molecular weight excluding hydrogens is 451 g/mol. The molecule has 4 rings (SSSR count). The molecule has 7 nitrogen and oxygen atoms in total. The molecule has 0 aliphatic rings. The molecule has 0 amide bonds. The maximum Gasteiger partial charge on any atom is 0.418 e. The van der Waals surface area contributed by atoms with Gasteiger partial charge in [0.15, 0.2) is 11.6 Å². The van der Waals surface area contributed by atoms with Gasteiger partial charge in [-0.25, -0.2) is 4.63 Å². The number of ether oxygens (including phenoxy) is 2. The van der Waals surface area contributed by atoms with E-state index >= 15 is 0 Å². The van der Waals surface area contributed by atoms with E-state index in [9.17, 15) is 18.3 Å². The number of benzene rings is 3. The predicted octanol–water partition coefficient (Wildman–Crippen LogP) is 5.14. The van der Waals surface area contributed by atoms with Crippen LogP contribution in [0.25, 0.3) is 22.2 Å². The second-order valence-electron chi connectivity index (χ2n) is 7.77. The van der Waals surface area contributed by atoms with Crippen LogP contribution < -0.4 is 14.4 Å². The second kappa shape index (κ2) is 9.22. The van der Waals surface area contributed by atoms with E-state index in [0.717, 1.165) is 5.56 Å². The van der Waals surface area contributed by atoms with Crippen LogP contribution in [0.5, 0.6) is 11.5 Å². The number of aromatic nitrogens is 2. The third-order valence-corrected chi connectivity index (χ3v) is 5.43. The number of hydrogen-bond donors (Lipinski definition) is 1. The fourth-order valence-corrected chi connectivity index (χ4v) is 3.72. The summed E-state index contributed by atoms with van der Waals surface area (Å²) in [4.78, 5) is 1.92. The number of methoxy groups -OCH3 is 2. The van der Waals surface area contributed by atoms with Gasteiger partial charge in [-0.05, 0) is 62.9 Å². The molecule has 0 saturated heterocycles. The van der Waals surface area contributed by atoms with Gasteiger partial charge in [0.25, 0.3) is 0 Å². The molecule has 1 heterocycles. The summed E-state index contributed by atoms with van der Waals surface area (Å²) in [7, 11) is 4.99. The zero-order valence-corrected chi connectivity index (χ0v) is 18.6. The lowest BCUT2D eigenvalue weighted by atomic mass is 9.99. The number of fused-ring (bicyclic) bond motifs is 1. The largest absolute Gasteiger partial charge is 0.497 e. The lowest BCUT2D eigenvalue weighted by molar-refractivity contribution is -0.206. The Morgan fingerprint density at radius 2 is 1.68 bits per heavy atom. The first-order chi connectivity index (χ1) is 16.2. The van der Waals surface area contributed by atoms with E-state index in [4.69, 9.17) is 14.1 Å². The summed E-state index contributed by atoms with van der Waals surface area (Å²) < 4.78 is 54.6. The zero-order valence-electron chi connectivity index (χ0n) is 18.6. The van der Waals surface area contributed by atoms with Crippen molar-refractivity contribution < 1.29 is 32.4 Å². The second-order valence-corrected chi connectivity index (χ2v) is 7.77. The summed E-state index contributed by atoms with van der Waals surface area (Å²) in [6.07, 6.45) is -7.34. The third-order valence-electron chi connectivity index (χ3n) is 5.43. The Balaban J connectivity index is 1.73. The lowest BCUT2D eigenvalue weighted by Gasteiger charge is -2.21. The van der Waals surface area contributed by atoms with E-state index in [-0.39, 0.29) is 5.56 Å². The Labute approximate surface area is 193 Å². The molecule has 1 N–H and O–H groups in total. The lowest BCUT2D eigenvalue weighted by Crippen LogP contribution is -2.20. The number of nitrogens with zero attached hydrogens (tertiary/aromatic N) is 3.